The topological polar surface area (TPSA) is 76.2 Å². The van der Waals surface area contributed by atoms with Crippen LogP contribution in [0.4, 0.5) is 0 Å². The van der Waals surface area contributed by atoms with Gasteiger partial charge in [0.15, 0.2) is 0 Å². The average molecular weight is 230 g/mol. The van der Waals surface area contributed by atoms with Crippen molar-refractivity contribution in [2.75, 3.05) is 0 Å². The maximum Gasteiger partial charge on any atom is 0.303 e. The van der Waals surface area contributed by atoms with Crippen molar-refractivity contribution in [3.05, 3.63) is 42.2 Å². The van der Waals surface area contributed by atoms with Crippen molar-refractivity contribution in [3.63, 3.8) is 0 Å². The quantitative estimate of drug-likeness (QED) is 0.843. The molecule has 4 nitrogen and oxygen atoms in total. The number of hydrogen-bond donors (Lipinski definition) is 2. The molecular weight excluding hydrogens is 216 g/mol. The Morgan fingerprint density at radius 1 is 1.41 bits per heavy atom. The molecule has 2 aromatic rings. The maximum absolute atomic E-state index is 10.5. The SMILES string of the molecule is NC(CCC(=O)O)c1cccc2cnccc12. The predicted molar refractivity (Wildman–Crippen MR) is 65.5 cm³/mol. The van der Waals surface area contributed by atoms with Gasteiger partial charge in [-0.2, -0.15) is 0 Å². The Bertz CT molecular complexity index is 534. The van der Waals surface area contributed by atoms with Gasteiger partial charge in [-0.25, -0.2) is 0 Å². The number of rotatable bonds is 4. The highest BCUT2D eigenvalue weighted by Crippen LogP contribution is 2.24. The molecule has 88 valence electrons. The van der Waals surface area contributed by atoms with Crippen LogP contribution in [0.1, 0.15) is 24.4 Å². The number of carbonyl (C=O) groups is 1. The maximum atomic E-state index is 10.5. The van der Waals surface area contributed by atoms with E-state index < -0.39 is 5.97 Å². The first kappa shape index (κ1) is 11.5. The van der Waals surface area contributed by atoms with E-state index in [0.717, 1.165) is 16.3 Å². The third-order valence-electron chi connectivity index (χ3n) is 2.78. The predicted octanol–water partition coefficient (Wildman–Crippen LogP) is 2.10. The highest BCUT2D eigenvalue weighted by atomic mass is 16.4. The lowest BCUT2D eigenvalue weighted by molar-refractivity contribution is -0.137. The van der Waals surface area contributed by atoms with Gasteiger partial charge in [-0.1, -0.05) is 18.2 Å². The van der Waals surface area contributed by atoms with Gasteiger partial charge in [-0.05, 0) is 23.4 Å². The smallest absolute Gasteiger partial charge is 0.303 e. The Kier molecular flexibility index (Phi) is 3.35. The van der Waals surface area contributed by atoms with Crippen LogP contribution < -0.4 is 5.73 Å². The van der Waals surface area contributed by atoms with E-state index in [1.165, 1.54) is 0 Å². The summed E-state index contributed by atoms with van der Waals surface area (Å²) in [6.07, 6.45) is 4.03. The monoisotopic (exact) mass is 230 g/mol. The summed E-state index contributed by atoms with van der Waals surface area (Å²) < 4.78 is 0. The number of aliphatic carboxylic acids is 1. The molecule has 0 spiro atoms. The number of hydrogen-bond acceptors (Lipinski definition) is 3. The third kappa shape index (κ3) is 2.60. The summed E-state index contributed by atoms with van der Waals surface area (Å²) in [7, 11) is 0. The van der Waals surface area contributed by atoms with Gasteiger partial charge >= 0.3 is 5.97 Å². The Hall–Kier alpha value is -1.94. The Morgan fingerprint density at radius 2 is 2.24 bits per heavy atom. The molecule has 0 saturated carbocycles. The molecule has 2 rings (SSSR count). The minimum atomic E-state index is -0.817. The van der Waals surface area contributed by atoms with Crippen molar-refractivity contribution in [1.82, 2.24) is 4.98 Å². The van der Waals surface area contributed by atoms with Crippen LogP contribution in [0.25, 0.3) is 10.8 Å². The molecule has 0 aliphatic heterocycles. The van der Waals surface area contributed by atoms with Gasteiger partial charge in [0, 0.05) is 30.2 Å². The first-order valence-electron chi connectivity index (χ1n) is 5.48. The molecule has 0 amide bonds. The van der Waals surface area contributed by atoms with E-state index in [1.54, 1.807) is 12.4 Å². The Labute approximate surface area is 99.1 Å². The van der Waals surface area contributed by atoms with E-state index in [-0.39, 0.29) is 12.5 Å². The number of carboxylic acid groups (broad SMARTS) is 1. The minimum absolute atomic E-state index is 0.0860. The van der Waals surface area contributed by atoms with Crippen LogP contribution in [-0.4, -0.2) is 16.1 Å². The van der Waals surface area contributed by atoms with Crippen molar-refractivity contribution in [1.29, 1.82) is 0 Å². The van der Waals surface area contributed by atoms with Gasteiger partial charge in [0.2, 0.25) is 0 Å². The molecule has 0 radical (unpaired) electrons. The molecule has 1 atom stereocenters. The summed E-state index contributed by atoms with van der Waals surface area (Å²) in [5.41, 5.74) is 7.00. The molecule has 4 heteroatoms. The second-order valence-electron chi connectivity index (χ2n) is 3.98. The van der Waals surface area contributed by atoms with Gasteiger partial charge in [0.05, 0.1) is 0 Å². The fraction of sp³-hybridized carbons (Fsp3) is 0.231. The van der Waals surface area contributed by atoms with Crippen molar-refractivity contribution in [2.24, 2.45) is 5.73 Å². The van der Waals surface area contributed by atoms with Crippen LogP contribution in [0.3, 0.4) is 0 Å². The molecule has 1 aromatic carbocycles. The molecule has 3 N–H and O–H groups in total. The largest absolute Gasteiger partial charge is 0.481 e. The van der Waals surface area contributed by atoms with Crippen LogP contribution in [-0.2, 0) is 4.79 Å². The van der Waals surface area contributed by atoms with E-state index in [0.29, 0.717) is 6.42 Å². The van der Waals surface area contributed by atoms with Crippen LogP contribution in [0, 0.1) is 0 Å². The molecule has 1 aromatic heterocycles. The van der Waals surface area contributed by atoms with Crippen LogP contribution in [0.2, 0.25) is 0 Å². The minimum Gasteiger partial charge on any atom is -0.481 e. The molecule has 0 aliphatic carbocycles. The van der Waals surface area contributed by atoms with Gasteiger partial charge in [0.25, 0.3) is 0 Å². The molecule has 0 bridgehead atoms. The summed E-state index contributed by atoms with van der Waals surface area (Å²) in [4.78, 5) is 14.6. The van der Waals surface area contributed by atoms with Crippen molar-refractivity contribution < 1.29 is 9.90 Å². The van der Waals surface area contributed by atoms with Gasteiger partial charge in [0.1, 0.15) is 0 Å². The molecule has 0 aliphatic rings. The number of fused-ring (bicyclic) bond motifs is 1. The number of pyridine rings is 1. The lowest BCUT2D eigenvalue weighted by Crippen LogP contribution is -2.12. The first-order chi connectivity index (χ1) is 8.18. The van der Waals surface area contributed by atoms with Crippen molar-refractivity contribution in [3.8, 4) is 0 Å². The van der Waals surface area contributed by atoms with Crippen molar-refractivity contribution >= 4 is 16.7 Å². The molecule has 17 heavy (non-hydrogen) atoms. The van der Waals surface area contributed by atoms with Gasteiger partial charge in [-0.3, -0.25) is 9.78 Å². The highest BCUT2D eigenvalue weighted by molar-refractivity contribution is 5.85. The van der Waals surface area contributed by atoms with Crippen molar-refractivity contribution in [2.45, 2.75) is 18.9 Å². The lowest BCUT2D eigenvalue weighted by Gasteiger charge is -2.13. The zero-order valence-corrected chi connectivity index (χ0v) is 9.34. The summed E-state index contributed by atoms with van der Waals surface area (Å²) in [6.45, 7) is 0. The zero-order valence-electron chi connectivity index (χ0n) is 9.34. The van der Waals surface area contributed by atoms with Crippen LogP contribution >= 0.6 is 0 Å². The normalized spacial score (nSPS) is 12.5. The number of carboxylic acids is 1. The molecule has 1 unspecified atom stereocenters. The zero-order chi connectivity index (χ0) is 12.3. The second kappa shape index (κ2) is 4.93. The van der Waals surface area contributed by atoms with Crippen LogP contribution in [0.15, 0.2) is 36.7 Å². The molecule has 1 heterocycles. The number of benzene rings is 1. The third-order valence-corrected chi connectivity index (χ3v) is 2.78. The van der Waals surface area contributed by atoms with Gasteiger partial charge in [-0.15, -0.1) is 0 Å². The van der Waals surface area contributed by atoms with E-state index in [9.17, 15) is 4.79 Å². The van der Waals surface area contributed by atoms with E-state index in [4.69, 9.17) is 10.8 Å². The summed E-state index contributed by atoms with van der Waals surface area (Å²) >= 11 is 0. The standard InChI is InChI=1S/C13H14N2O2/c14-12(4-5-13(16)17)11-3-1-2-9-8-15-7-6-10(9)11/h1-3,6-8,12H,4-5,14H2,(H,16,17). The van der Waals surface area contributed by atoms with Gasteiger partial charge < -0.3 is 10.8 Å². The number of nitrogens with zero attached hydrogens (tertiary/aromatic N) is 1. The summed E-state index contributed by atoms with van der Waals surface area (Å²) in [5.74, 6) is -0.817. The molecular formula is C13H14N2O2. The molecule has 0 fully saturated rings. The van der Waals surface area contributed by atoms with E-state index in [1.807, 2.05) is 24.3 Å². The summed E-state index contributed by atoms with van der Waals surface area (Å²) in [6, 6.07) is 7.48. The first-order valence-corrected chi connectivity index (χ1v) is 5.48. The molecule has 0 saturated heterocycles. The number of aromatic nitrogens is 1. The number of nitrogens with two attached hydrogens (primary N) is 1. The van der Waals surface area contributed by atoms with E-state index in [2.05, 4.69) is 4.98 Å². The lowest BCUT2D eigenvalue weighted by atomic mass is 9.97. The Morgan fingerprint density at radius 3 is 3.00 bits per heavy atom. The average Bonchev–Trinajstić information content (AvgIpc) is 2.35. The van der Waals surface area contributed by atoms with E-state index >= 15 is 0 Å². The highest BCUT2D eigenvalue weighted by Gasteiger charge is 2.11. The summed E-state index contributed by atoms with van der Waals surface area (Å²) in [5, 5.41) is 10.7. The second-order valence-corrected chi connectivity index (χ2v) is 3.98. The van der Waals surface area contributed by atoms with Crippen LogP contribution in [0.5, 0.6) is 0 Å². The Balaban J connectivity index is 2.31. The fourth-order valence-electron chi connectivity index (χ4n) is 1.91. The fourth-order valence-corrected chi connectivity index (χ4v) is 1.91.